The van der Waals surface area contributed by atoms with Gasteiger partial charge in [0, 0.05) is 41.9 Å². The van der Waals surface area contributed by atoms with Crippen LogP contribution in [0.15, 0.2) is 54.6 Å². The largest absolute Gasteiger partial charge is 0.469 e. The number of para-hydroxylation sites is 1. The summed E-state index contributed by atoms with van der Waals surface area (Å²) >= 11 is 0. The summed E-state index contributed by atoms with van der Waals surface area (Å²) in [6.45, 7) is 2.18. The number of methoxy groups -OCH3 is 1. The smallest absolute Gasteiger partial charge is 0.324 e. The van der Waals surface area contributed by atoms with Gasteiger partial charge in [-0.25, -0.2) is 0 Å². The lowest BCUT2D eigenvalue weighted by Crippen LogP contribution is -2.55. The summed E-state index contributed by atoms with van der Waals surface area (Å²) in [5, 5.41) is 1.10. The number of nitrogens with zero attached hydrogens (tertiary/aromatic N) is 1. The number of hydrogen-bond donors (Lipinski definition) is 1. The Labute approximate surface area is 204 Å². The first-order chi connectivity index (χ1) is 17.0. The quantitative estimate of drug-likeness (QED) is 0.544. The van der Waals surface area contributed by atoms with Crippen LogP contribution in [0.5, 0.6) is 0 Å². The highest BCUT2D eigenvalue weighted by Crippen LogP contribution is 2.46. The van der Waals surface area contributed by atoms with Crippen LogP contribution in [0.2, 0.25) is 0 Å². The molecule has 0 radical (unpaired) electrons. The molecule has 3 aromatic rings. The number of carbonyl (C=O) groups excluding carboxylic acids is 3. The molecule has 5 rings (SSSR count). The van der Waals surface area contributed by atoms with E-state index in [1.54, 1.807) is 6.92 Å². The Bertz CT molecular complexity index is 1250. The zero-order chi connectivity index (χ0) is 24.5. The number of carbonyl (C=O) groups is 3. The molecule has 3 heterocycles. The highest BCUT2D eigenvalue weighted by molar-refractivity contribution is 5.87. The molecule has 35 heavy (non-hydrogen) atoms. The molecular formula is C28H30N2O5. The number of benzene rings is 2. The predicted molar refractivity (Wildman–Crippen MR) is 130 cm³/mol. The third-order valence-corrected chi connectivity index (χ3v) is 7.56. The number of fused-ring (bicyclic) bond motifs is 5. The minimum Gasteiger partial charge on any atom is -0.469 e. The van der Waals surface area contributed by atoms with Gasteiger partial charge in [0.15, 0.2) is 0 Å². The van der Waals surface area contributed by atoms with Crippen molar-refractivity contribution in [3.8, 4) is 0 Å². The summed E-state index contributed by atoms with van der Waals surface area (Å²) in [5.74, 6) is -1.08. The van der Waals surface area contributed by atoms with Crippen molar-refractivity contribution in [2.24, 2.45) is 11.8 Å². The molecule has 2 aromatic carbocycles. The maximum absolute atomic E-state index is 13.4. The highest BCUT2D eigenvalue weighted by atomic mass is 16.5. The van der Waals surface area contributed by atoms with Crippen molar-refractivity contribution >= 4 is 28.6 Å². The van der Waals surface area contributed by atoms with E-state index in [0.29, 0.717) is 19.4 Å². The van der Waals surface area contributed by atoms with Gasteiger partial charge in [-0.3, -0.25) is 19.3 Å². The third kappa shape index (κ3) is 4.48. The first kappa shape index (κ1) is 23.3. The lowest BCUT2D eigenvalue weighted by Gasteiger charge is -2.48. The fraction of sp³-hybridized carbons (Fsp3) is 0.393. The van der Waals surface area contributed by atoms with E-state index in [2.05, 4.69) is 16.0 Å². The minimum atomic E-state index is -0.503. The van der Waals surface area contributed by atoms with E-state index in [0.717, 1.165) is 27.7 Å². The van der Waals surface area contributed by atoms with E-state index in [9.17, 15) is 14.4 Å². The summed E-state index contributed by atoms with van der Waals surface area (Å²) in [5.41, 5.74) is 4.13. The van der Waals surface area contributed by atoms with Crippen molar-refractivity contribution in [2.45, 2.75) is 44.9 Å². The number of nitrogens with one attached hydrogen (secondary N) is 1. The number of aromatic amines is 1. The van der Waals surface area contributed by atoms with Crippen LogP contribution in [0, 0.1) is 11.8 Å². The first-order valence-electron chi connectivity index (χ1n) is 12.1. The molecule has 2 aliphatic rings. The molecule has 0 saturated carbocycles. The van der Waals surface area contributed by atoms with Gasteiger partial charge in [0.25, 0.3) is 0 Å². The van der Waals surface area contributed by atoms with E-state index in [4.69, 9.17) is 9.47 Å². The molecule has 7 nitrogen and oxygen atoms in total. The van der Waals surface area contributed by atoms with Crippen LogP contribution in [0.4, 0.5) is 0 Å². The van der Waals surface area contributed by atoms with Crippen LogP contribution in [-0.4, -0.2) is 47.3 Å². The maximum Gasteiger partial charge on any atom is 0.324 e. The third-order valence-electron chi connectivity index (χ3n) is 7.56. The van der Waals surface area contributed by atoms with Crippen LogP contribution in [0.3, 0.4) is 0 Å². The van der Waals surface area contributed by atoms with Gasteiger partial charge in [-0.2, -0.15) is 0 Å². The topological polar surface area (TPSA) is 88.7 Å². The Balaban J connectivity index is 1.49. The monoisotopic (exact) mass is 474 g/mol. The van der Waals surface area contributed by atoms with E-state index in [-0.39, 0.29) is 48.6 Å². The minimum absolute atomic E-state index is 0.0243. The van der Waals surface area contributed by atoms with Crippen molar-refractivity contribution < 1.29 is 23.9 Å². The average molecular weight is 475 g/mol. The Morgan fingerprint density at radius 2 is 1.80 bits per heavy atom. The molecule has 4 atom stereocenters. The Hall–Kier alpha value is -3.45. The van der Waals surface area contributed by atoms with E-state index in [1.165, 1.54) is 7.11 Å². The van der Waals surface area contributed by atoms with Crippen molar-refractivity contribution in [3.05, 3.63) is 71.4 Å². The number of aromatic nitrogens is 1. The van der Waals surface area contributed by atoms with Crippen LogP contribution in [-0.2, 0) is 36.9 Å². The summed E-state index contributed by atoms with van der Waals surface area (Å²) < 4.78 is 10.7. The molecule has 0 aliphatic carbocycles. The SMILES string of the molecule is COC(=O)C[C@H]1C[C@H]2c3[nH]c4ccccc4c3C[C@H](C(=O)OCc3ccccc3)N2C[C@@H]1C(C)=O. The zero-order valence-corrected chi connectivity index (χ0v) is 20.0. The van der Waals surface area contributed by atoms with Gasteiger partial charge in [-0.05, 0) is 36.5 Å². The Morgan fingerprint density at radius 3 is 2.54 bits per heavy atom. The molecule has 1 fully saturated rings. The molecule has 7 heteroatoms. The fourth-order valence-electron chi connectivity index (χ4n) is 5.78. The molecule has 0 spiro atoms. The number of Topliss-reactive ketones (excluding diaryl/α,β-unsaturated/α-hetero) is 1. The van der Waals surface area contributed by atoms with Crippen molar-refractivity contribution in [2.75, 3.05) is 13.7 Å². The summed E-state index contributed by atoms with van der Waals surface area (Å²) in [4.78, 5) is 43.9. The van der Waals surface area contributed by atoms with Gasteiger partial charge in [0.05, 0.1) is 13.2 Å². The van der Waals surface area contributed by atoms with Crippen molar-refractivity contribution in [3.63, 3.8) is 0 Å². The van der Waals surface area contributed by atoms with Crippen LogP contribution in [0.1, 0.15) is 42.6 Å². The molecule has 1 N–H and O–H groups in total. The highest BCUT2D eigenvalue weighted by Gasteiger charge is 2.48. The predicted octanol–water partition coefficient (Wildman–Crippen LogP) is 3.97. The zero-order valence-electron chi connectivity index (χ0n) is 20.0. The normalized spacial score (nSPS) is 23.8. The maximum atomic E-state index is 13.4. The van der Waals surface area contributed by atoms with E-state index in [1.807, 2.05) is 48.5 Å². The van der Waals surface area contributed by atoms with Crippen molar-refractivity contribution in [1.82, 2.24) is 9.88 Å². The molecule has 1 saturated heterocycles. The fourth-order valence-corrected chi connectivity index (χ4v) is 5.78. The first-order valence-corrected chi connectivity index (χ1v) is 12.1. The number of H-pyrrole nitrogens is 1. The van der Waals surface area contributed by atoms with Crippen LogP contribution >= 0.6 is 0 Å². The molecule has 2 aliphatic heterocycles. The standard InChI is InChI=1S/C28H30N2O5/c1-17(31)22-15-30-24(12-19(22)13-26(32)34-2)27-21(20-10-6-7-11-23(20)29-27)14-25(30)28(33)35-16-18-8-4-3-5-9-18/h3-11,19,22,24-25,29H,12-16H2,1-2H3/t19-,22-,24+,25-/m1/s1. The Morgan fingerprint density at radius 1 is 1.06 bits per heavy atom. The number of hydrogen-bond acceptors (Lipinski definition) is 6. The van der Waals surface area contributed by atoms with Gasteiger partial charge in [0.1, 0.15) is 18.4 Å². The molecular weight excluding hydrogens is 444 g/mol. The molecule has 0 bridgehead atoms. The Kier molecular flexibility index (Phi) is 6.43. The molecule has 0 amide bonds. The van der Waals surface area contributed by atoms with Gasteiger partial charge < -0.3 is 14.5 Å². The number of esters is 2. The summed E-state index contributed by atoms with van der Waals surface area (Å²) in [6.07, 6.45) is 1.28. The number of ketones is 1. The second-order valence-corrected chi connectivity index (χ2v) is 9.58. The lowest BCUT2D eigenvalue weighted by molar-refractivity contribution is -0.157. The lowest BCUT2D eigenvalue weighted by atomic mass is 9.74. The molecule has 0 unspecified atom stereocenters. The second kappa shape index (κ2) is 9.66. The van der Waals surface area contributed by atoms with Crippen LogP contribution in [0.25, 0.3) is 10.9 Å². The van der Waals surface area contributed by atoms with Gasteiger partial charge in [0.2, 0.25) is 0 Å². The van der Waals surface area contributed by atoms with E-state index >= 15 is 0 Å². The number of piperidine rings is 1. The number of ether oxygens (including phenoxy) is 2. The number of rotatable bonds is 6. The van der Waals surface area contributed by atoms with Crippen LogP contribution < -0.4 is 0 Å². The van der Waals surface area contributed by atoms with Gasteiger partial charge in [-0.1, -0.05) is 48.5 Å². The summed E-state index contributed by atoms with van der Waals surface area (Å²) in [6, 6.07) is 17.1. The van der Waals surface area contributed by atoms with Gasteiger partial charge in [-0.15, -0.1) is 0 Å². The van der Waals surface area contributed by atoms with Crippen molar-refractivity contribution in [1.29, 1.82) is 0 Å². The summed E-state index contributed by atoms with van der Waals surface area (Å²) in [7, 11) is 1.37. The van der Waals surface area contributed by atoms with Gasteiger partial charge >= 0.3 is 11.9 Å². The molecule has 1 aromatic heterocycles. The average Bonchev–Trinajstić information content (AvgIpc) is 3.25. The second-order valence-electron chi connectivity index (χ2n) is 9.58. The molecule has 182 valence electrons. The van der Waals surface area contributed by atoms with E-state index < -0.39 is 6.04 Å².